The van der Waals surface area contributed by atoms with Crippen LogP contribution in [0.5, 0.6) is 5.75 Å². The molecular formula is C16H15FN2O. The first kappa shape index (κ1) is 12.7. The van der Waals surface area contributed by atoms with E-state index in [9.17, 15) is 4.39 Å². The van der Waals surface area contributed by atoms with Crippen molar-refractivity contribution >= 4 is 11.0 Å². The average Bonchev–Trinajstić information content (AvgIpc) is 2.84. The molecule has 0 aliphatic rings. The summed E-state index contributed by atoms with van der Waals surface area (Å²) in [7, 11) is 0. The topological polar surface area (TPSA) is 37.9 Å². The first-order valence-electron chi connectivity index (χ1n) is 6.51. The summed E-state index contributed by atoms with van der Waals surface area (Å²) in [4.78, 5) is 7.53. The summed E-state index contributed by atoms with van der Waals surface area (Å²) in [6.07, 6.45) is -0.230. The SMILES string of the molecule is Cc1ccccc1O[C@H](C)c1nc2ccc(F)cc2[nH]1. The fourth-order valence-corrected chi connectivity index (χ4v) is 2.13. The van der Waals surface area contributed by atoms with Crippen LogP contribution in [0.25, 0.3) is 11.0 Å². The Kier molecular flexibility index (Phi) is 3.14. The second kappa shape index (κ2) is 4.96. The molecule has 3 rings (SSSR count). The zero-order valence-corrected chi connectivity index (χ0v) is 11.4. The van der Waals surface area contributed by atoms with Crippen molar-refractivity contribution in [3.05, 3.63) is 59.7 Å². The van der Waals surface area contributed by atoms with Crippen molar-refractivity contribution in [2.45, 2.75) is 20.0 Å². The first-order valence-corrected chi connectivity index (χ1v) is 6.51. The van der Waals surface area contributed by atoms with Gasteiger partial charge in [0.05, 0.1) is 11.0 Å². The normalized spacial score (nSPS) is 12.6. The molecule has 0 aliphatic carbocycles. The van der Waals surface area contributed by atoms with Gasteiger partial charge in [0.25, 0.3) is 0 Å². The van der Waals surface area contributed by atoms with Gasteiger partial charge in [-0.25, -0.2) is 9.37 Å². The predicted octanol–water partition coefficient (Wildman–Crippen LogP) is 4.15. The molecule has 0 fully saturated rings. The Bertz CT molecular complexity index is 751. The van der Waals surface area contributed by atoms with E-state index >= 15 is 0 Å². The Morgan fingerprint density at radius 3 is 2.80 bits per heavy atom. The third-order valence-corrected chi connectivity index (χ3v) is 3.24. The molecule has 0 aliphatic heterocycles. The van der Waals surface area contributed by atoms with Gasteiger partial charge in [-0.2, -0.15) is 0 Å². The maximum absolute atomic E-state index is 13.2. The van der Waals surface area contributed by atoms with E-state index in [0.29, 0.717) is 11.3 Å². The van der Waals surface area contributed by atoms with Gasteiger partial charge in [0.2, 0.25) is 0 Å². The van der Waals surface area contributed by atoms with Crippen LogP contribution in [0.3, 0.4) is 0 Å². The minimum atomic E-state index is -0.278. The zero-order valence-electron chi connectivity index (χ0n) is 11.4. The summed E-state index contributed by atoms with van der Waals surface area (Å²) in [5.41, 5.74) is 2.49. The van der Waals surface area contributed by atoms with E-state index in [1.165, 1.54) is 12.1 Å². The maximum Gasteiger partial charge on any atom is 0.153 e. The number of ether oxygens (including phenoxy) is 1. The maximum atomic E-state index is 13.2. The minimum Gasteiger partial charge on any atom is -0.483 e. The lowest BCUT2D eigenvalue weighted by molar-refractivity contribution is 0.216. The van der Waals surface area contributed by atoms with Crippen molar-refractivity contribution in [2.24, 2.45) is 0 Å². The summed E-state index contributed by atoms with van der Waals surface area (Å²) in [5.74, 6) is 1.24. The van der Waals surface area contributed by atoms with Gasteiger partial charge in [-0.05, 0) is 43.7 Å². The van der Waals surface area contributed by atoms with E-state index in [1.54, 1.807) is 6.07 Å². The predicted molar refractivity (Wildman–Crippen MR) is 76.3 cm³/mol. The van der Waals surface area contributed by atoms with Crippen molar-refractivity contribution in [1.29, 1.82) is 0 Å². The van der Waals surface area contributed by atoms with E-state index in [0.717, 1.165) is 16.8 Å². The van der Waals surface area contributed by atoms with Crippen LogP contribution in [0.15, 0.2) is 42.5 Å². The monoisotopic (exact) mass is 270 g/mol. The van der Waals surface area contributed by atoms with Crippen LogP contribution in [-0.2, 0) is 0 Å². The lowest BCUT2D eigenvalue weighted by Gasteiger charge is -2.14. The highest BCUT2D eigenvalue weighted by molar-refractivity contribution is 5.75. The average molecular weight is 270 g/mol. The minimum absolute atomic E-state index is 0.230. The second-order valence-electron chi connectivity index (χ2n) is 4.81. The number of fused-ring (bicyclic) bond motifs is 1. The quantitative estimate of drug-likeness (QED) is 0.776. The second-order valence-corrected chi connectivity index (χ2v) is 4.81. The summed E-state index contributed by atoms with van der Waals surface area (Å²) in [5, 5.41) is 0. The van der Waals surface area contributed by atoms with Crippen molar-refractivity contribution in [3.63, 3.8) is 0 Å². The number of imidazole rings is 1. The molecule has 0 spiro atoms. The van der Waals surface area contributed by atoms with Crippen LogP contribution < -0.4 is 4.74 Å². The summed E-state index contributed by atoms with van der Waals surface area (Å²) < 4.78 is 19.1. The van der Waals surface area contributed by atoms with Crippen LogP contribution in [0.2, 0.25) is 0 Å². The number of aryl methyl sites for hydroxylation is 1. The van der Waals surface area contributed by atoms with Crippen LogP contribution in [0.4, 0.5) is 4.39 Å². The van der Waals surface area contributed by atoms with Gasteiger partial charge in [-0.3, -0.25) is 0 Å². The summed E-state index contributed by atoms with van der Waals surface area (Å²) >= 11 is 0. The third kappa shape index (κ3) is 2.37. The molecule has 1 N–H and O–H groups in total. The molecule has 3 nitrogen and oxygen atoms in total. The van der Waals surface area contributed by atoms with E-state index in [2.05, 4.69) is 9.97 Å². The number of nitrogens with one attached hydrogen (secondary N) is 1. The van der Waals surface area contributed by atoms with Crippen molar-refractivity contribution in [2.75, 3.05) is 0 Å². The third-order valence-electron chi connectivity index (χ3n) is 3.24. The fourth-order valence-electron chi connectivity index (χ4n) is 2.13. The molecule has 0 saturated carbocycles. The number of rotatable bonds is 3. The number of hydrogen-bond donors (Lipinski definition) is 1. The van der Waals surface area contributed by atoms with Crippen LogP contribution >= 0.6 is 0 Å². The van der Waals surface area contributed by atoms with Gasteiger partial charge in [0.15, 0.2) is 6.10 Å². The van der Waals surface area contributed by atoms with Gasteiger partial charge in [-0.15, -0.1) is 0 Å². The molecule has 3 aromatic rings. The standard InChI is InChI=1S/C16H15FN2O/c1-10-5-3-4-6-15(10)20-11(2)16-18-13-8-7-12(17)9-14(13)19-16/h3-9,11H,1-2H3,(H,18,19)/t11-/m1/s1. The van der Waals surface area contributed by atoms with Gasteiger partial charge in [-0.1, -0.05) is 18.2 Å². The number of halogens is 1. The van der Waals surface area contributed by atoms with Crippen LogP contribution in [0, 0.1) is 12.7 Å². The fraction of sp³-hybridized carbons (Fsp3) is 0.188. The molecular weight excluding hydrogens is 255 g/mol. The molecule has 2 aromatic carbocycles. The van der Waals surface area contributed by atoms with Gasteiger partial charge in [0, 0.05) is 0 Å². The molecule has 0 saturated heterocycles. The Hall–Kier alpha value is -2.36. The Balaban J connectivity index is 1.89. The Morgan fingerprint density at radius 2 is 2.00 bits per heavy atom. The number of nitrogens with zero attached hydrogens (tertiary/aromatic N) is 1. The number of para-hydroxylation sites is 1. The van der Waals surface area contributed by atoms with E-state index in [1.807, 2.05) is 38.1 Å². The highest BCUT2D eigenvalue weighted by Crippen LogP contribution is 2.24. The lowest BCUT2D eigenvalue weighted by Crippen LogP contribution is -2.05. The largest absolute Gasteiger partial charge is 0.483 e. The molecule has 102 valence electrons. The molecule has 1 aromatic heterocycles. The Morgan fingerprint density at radius 1 is 1.20 bits per heavy atom. The molecule has 0 bridgehead atoms. The molecule has 0 unspecified atom stereocenters. The highest BCUT2D eigenvalue weighted by atomic mass is 19.1. The van der Waals surface area contributed by atoms with Gasteiger partial charge >= 0.3 is 0 Å². The van der Waals surface area contributed by atoms with Crippen molar-refractivity contribution in [1.82, 2.24) is 9.97 Å². The summed E-state index contributed by atoms with van der Waals surface area (Å²) in [6, 6.07) is 12.3. The van der Waals surface area contributed by atoms with E-state index in [4.69, 9.17) is 4.74 Å². The number of H-pyrrole nitrogens is 1. The molecule has 4 heteroatoms. The van der Waals surface area contributed by atoms with Gasteiger partial charge < -0.3 is 9.72 Å². The van der Waals surface area contributed by atoms with Crippen molar-refractivity contribution < 1.29 is 9.13 Å². The Labute approximate surface area is 116 Å². The lowest BCUT2D eigenvalue weighted by atomic mass is 10.2. The zero-order chi connectivity index (χ0) is 14.1. The molecule has 1 atom stereocenters. The van der Waals surface area contributed by atoms with Crippen LogP contribution in [-0.4, -0.2) is 9.97 Å². The highest BCUT2D eigenvalue weighted by Gasteiger charge is 2.13. The number of hydrogen-bond acceptors (Lipinski definition) is 2. The smallest absolute Gasteiger partial charge is 0.153 e. The van der Waals surface area contributed by atoms with Crippen LogP contribution in [0.1, 0.15) is 24.4 Å². The molecule has 0 radical (unpaired) electrons. The molecule has 1 heterocycles. The van der Waals surface area contributed by atoms with Crippen molar-refractivity contribution in [3.8, 4) is 5.75 Å². The molecule has 20 heavy (non-hydrogen) atoms. The molecule has 0 amide bonds. The number of benzene rings is 2. The van der Waals surface area contributed by atoms with Gasteiger partial charge in [0.1, 0.15) is 17.4 Å². The number of aromatic amines is 1. The van der Waals surface area contributed by atoms with E-state index < -0.39 is 0 Å². The van der Waals surface area contributed by atoms with E-state index in [-0.39, 0.29) is 11.9 Å². The number of aromatic nitrogens is 2. The summed E-state index contributed by atoms with van der Waals surface area (Å²) in [6.45, 7) is 3.91. The first-order chi connectivity index (χ1) is 9.63.